The molecule has 6 nitrogen and oxygen atoms in total. The van der Waals surface area contributed by atoms with Gasteiger partial charge in [-0.15, -0.1) is 0 Å². The molecule has 0 bridgehead atoms. The molecular formula is C62H44N6. The van der Waals surface area contributed by atoms with Crippen molar-refractivity contribution in [2.24, 2.45) is 0 Å². The summed E-state index contributed by atoms with van der Waals surface area (Å²) in [5.74, 6) is 1.91. The Kier molecular flexibility index (Phi) is 9.67. The summed E-state index contributed by atoms with van der Waals surface area (Å²) >= 11 is 0. The van der Waals surface area contributed by atoms with E-state index in [2.05, 4.69) is 222 Å². The minimum atomic E-state index is 0.0656. The third-order valence-corrected chi connectivity index (χ3v) is 13.5. The lowest BCUT2D eigenvalue weighted by Gasteiger charge is -2.21. The number of nitrogens with zero attached hydrogens (tertiary/aromatic N) is 6. The molecule has 2 aliphatic rings. The van der Waals surface area contributed by atoms with Gasteiger partial charge >= 0.3 is 0 Å². The van der Waals surface area contributed by atoms with Crippen molar-refractivity contribution < 1.29 is 0 Å². The first-order valence-corrected chi connectivity index (χ1v) is 23.5. The summed E-state index contributed by atoms with van der Waals surface area (Å²) in [6.45, 7) is 0. The van der Waals surface area contributed by atoms with Crippen molar-refractivity contribution in [3.63, 3.8) is 0 Å². The van der Waals surface area contributed by atoms with E-state index in [4.69, 9.17) is 19.9 Å². The van der Waals surface area contributed by atoms with Gasteiger partial charge < -0.3 is 0 Å². The maximum absolute atomic E-state index is 5.64. The molecule has 0 aliphatic heterocycles. The van der Waals surface area contributed by atoms with E-state index in [-0.39, 0.29) is 5.92 Å². The first-order chi connectivity index (χ1) is 33.7. The molecule has 1 atom stereocenters. The molecule has 0 saturated carbocycles. The summed E-state index contributed by atoms with van der Waals surface area (Å²) in [5, 5.41) is 2.20. The summed E-state index contributed by atoms with van der Waals surface area (Å²) < 4.78 is 4.52. The lowest BCUT2D eigenvalue weighted by atomic mass is 9.88. The fourth-order valence-electron chi connectivity index (χ4n) is 10.2. The van der Waals surface area contributed by atoms with Gasteiger partial charge in [0, 0.05) is 50.5 Å². The summed E-state index contributed by atoms with van der Waals surface area (Å²) in [6.07, 6.45) is 16.4. The highest BCUT2D eigenvalue weighted by Gasteiger charge is 2.23. The molecule has 4 heterocycles. The highest BCUT2D eigenvalue weighted by Crippen LogP contribution is 2.41. The maximum Gasteiger partial charge on any atom is 0.145 e. The maximum atomic E-state index is 5.64. The number of imidazole rings is 2. The molecule has 2 aliphatic carbocycles. The Morgan fingerprint density at radius 3 is 1.72 bits per heavy atom. The number of benzene rings is 7. The van der Waals surface area contributed by atoms with Crippen LogP contribution >= 0.6 is 0 Å². The van der Waals surface area contributed by atoms with Crippen molar-refractivity contribution in [3.05, 3.63) is 242 Å². The Labute approximate surface area is 394 Å². The van der Waals surface area contributed by atoms with Crippen molar-refractivity contribution in [1.82, 2.24) is 29.1 Å². The molecular weight excluding hydrogens is 829 g/mol. The molecule has 13 rings (SSSR count). The van der Waals surface area contributed by atoms with E-state index in [0.717, 1.165) is 125 Å². The number of para-hydroxylation sites is 6. The molecule has 0 radical (unpaired) electrons. The van der Waals surface area contributed by atoms with Gasteiger partial charge in [0.25, 0.3) is 0 Å². The standard InChI is InChI=1S/C62H44N6/c1-5-17-41(18-6-1)51-39-55(43-29-33-45(34-30-43)61-65-53-25-13-15-27-57(53)67(61)47-21-9-3-10-22-47)63-59-49(51)37-38-50-52(42-19-7-2-8-20-42)40-56(64-60(50)59)44-31-35-46(36-32-44)62-66-54-26-14-16-28-58(54)68(62)48-23-11-4-12-24-48/h1-7,9-19,21-31,33-40,44H,8,20,32H2. The van der Waals surface area contributed by atoms with Gasteiger partial charge in [-0.3, -0.25) is 9.13 Å². The molecule has 0 saturated heterocycles. The predicted octanol–water partition coefficient (Wildman–Crippen LogP) is 15.3. The normalized spacial score (nSPS) is 14.8. The summed E-state index contributed by atoms with van der Waals surface area (Å²) in [6, 6.07) is 66.2. The van der Waals surface area contributed by atoms with Crippen molar-refractivity contribution in [2.75, 3.05) is 0 Å². The molecule has 0 fully saturated rings. The third kappa shape index (κ3) is 6.88. The molecule has 0 amide bonds. The van der Waals surface area contributed by atoms with Crippen LogP contribution in [0.3, 0.4) is 0 Å². The number of fused-ring (bicyclic) bond motifs is 5. The van der Waals surface area contributed by atoms with Gasteiger partial charge in [-0.1, -0.05) is 164 Å². The quantitative estimate of drug-likeness (QED) is 0.143. The second-order valence-corrected chi connectivity index (χ2v) is 17.7. The number of rotatable bonds is 8. The summed E-state index contributed by atoms with van der Waals surface area (Å²) in [5.41, 5.74) is 18.0. The lowest BCUT2D eigenvalue weighted by molar-refractivity contribution is 0.821. The van der Waals surface area contributed by atoms with E-state index < -0.39 is 0 Å². The van der Waals surface area contributed by atoms with Gasteiger partial charge in [0.05, 0.1) is 38.8 Å². The first-order valence-electron chi connectivity index (χ1n) is 23.5. The lowest BCUT2D eigenvalue weighted by Crippen LogP contribution is -2.06. The van der Waals surface area contributed by atoms with Crippen molar-refractivity contribution in [1.29, 1.82) is 0 Å². The first kappa shape index (κ1) is 39.6. The number of pyridine rings is 2. The van der Waals surface area contributed by atoms with Gasteiger partial charge in [0.15, 0.2) is 0 Å². The van der Waals surface area contributed by atoms with Crippen LogP contribution < -0.4 is 0 Å². The van der Waals surface area contributed by atoms with E-state index in [0.29, 0.717) is 0 Å². The monoisotopic (exact) mass is 872 g/mol. The van der Waals surface area contributed by atoms with Crippen LogP contribution in [0, 0.1) is 0 Å². The van der Waals surface area contributed by atoms with Crippen LogP contribution in [-0.2, 0) is 0 Å². The molecule has 322 valence electrons. The predicted molar refractivity (Wildman–Crippen MR) is 280 cm³/mol. The number of hydrogen-bond acceptors (Lipinski definition) is 4. The average molecular weight is 873 g/mol. The molecule has 1 unspecified atom stereocenters. The molecule has 68 heavy (non-hydrogen) atoms. The zero-order valence-electron chi connectivity index (χ0n) is 37.2. The van der Waals surface area contributed by atoms with E-state index in [1.165, 1.54) is 11.1 Å². The van der Waals surface area contributed by atoms with Gasteiger partial charge in [-0.25, -0.2) is 19.9 Å². The molecule has 0 spiro atoms. The Morgan fingerprint density at radius 2 is 1.07 bits per heavy atom. The third-order valence-electron chi connectivity index (χ3n) is 13.5. The largest absolute Gasteiger partial charge is 0.292 e. The van der Waals surface area contributed by atoms with E-state index >= 15 is 0 Å². The Hall–Kier alpha value is -8.74. The Balaban J connectivity index is 0.948. The van der Waals surface area contributed by atoms with Crippen molar-refractivity contribution in [3.8, 4) is 45.1 Å². The highest BCUT2D eigenvalue weighted by atomic mass is 15.1. The second kappa shape index (κ2) is 16.6. The van der Waals surface area contributed by atoms with E-state index in [1.54, 1.807) is 0 Å². The van der Waals surface area contributed by atoms with Gasteiger partial charge in [-0.05, 0) is 102 Å². The molecule has 6 heteroatoms. The van der Waals surface area contributed by atoms with Crippen LogP contribution in [0.4, 0.5) is 0 Å². The number of aromatic nitrogens is 6. The van der Waals surface area contributed by atoms with Crippen molar-refractivity contribution in [2.45, 2.75) is 25.2 Å². The van der Waals surface area contributed by atoms with Gasteiger partial charge in [0.2, 0.25) is 0 Å². The molecule has 0 N–H and O–H groups in total. The highest BCUT2D eigenvalue weighted by molar-refractivity contribution is 6.12. The SMILES string of the molecule is C1=CCCC(c2cc(C3C=CC(c4nc5ccccc5n4-c4ccccc4)=CC3)nc3c2ccc2c(-c4ccccc4)cc(-c4ccc(-c5nc6ccccc6n5-c5ccccc5)cc4)nc23)=C1. The smallest absolute Gasteiger partial charge is 0.145 e. The fraction of sp³-hybridized carbons (Fsp3) is 0.0645. The van der Waals surface area contributed by atoms with Crippen LogP contribution in [0.2, 0.25) is 0 Å². The summed E-state index contributed by atoms with van der Waals surface area (Å²) in [7, 11) is 0. The van der Waals surface area contributed by atoms with Crippen LogP contribution in [-0.4, -0.2) is 29.1 Å². The summed E-state index contributed by atoms with van der Waals surface area (Å²) in [4.78, 5) is 21.6. The van der Waals surface area contributed by atoms with Crippen molar-refractivity contribution >= 4 is 55.0 Å². The van der Waals surface area contributed by atoms with Crippen LogP contribution in [0.1, 0.15) is 42.3 Å². The minimum absolute atomic E-state index is 0.0656. The molecule has 11 aromatic rings. The van der Waals surface area contributed by atoms with E-state index in [9.17, 15) is 0 Å². The second-order valence-electron chi connectivity index (χ2n) is 17.7. The topological polar surface area (TPSA) is 61.4 Å². The number of hydrogen-bond donors (Lipinski definition) is 0. The van der Waals surface area contributed by atoms with Gasteiger partial charge in [0.1, 0.15) is 11.6 Å². The Bertz CT molecular complexity index is 3860. The zero-order valence-corrected chi connectivity index (χ0v) is 37.2. The number of allylic oxidation sites excluding steroid dienone is 8. The van der Waals surface area contributed by atoms with Crippen LogP contribution in [0.5, 0.6) is 0 Å². The van der Waals surface area contributed by atoms with E-state index in [1.807, 2.05) is 12.1 Å². The van der Waals surface area contributed by atoms with Gasteiger partial charge in [-0.2, -0.15) is 0 Å². The van der Waals surface area contributed by atoms with Crippen LogP contribution in [0.15, 0.2) is 225 Å². The average Bonchev–Trinajstić information content (AvgIpc) is 4.01. The molecule has 4 aromatic heterocycles. The Morgan fingerprint density at radius 1 is 0.485 bits per heavy atom. The zero-order chi connectivity index (χ0) is 45.0. The molecule has 7 aromatic carbocycles. The van der Waals surface area contributed by atoms with Crippen LogP contribution in [0.25, 0.3) is 100 Å². The fourth-order valence-corrected chi connectivity index (χ4v) is 10.2. The minimum Gasteiger partial charge on any atom is -0.292 e.